The topological polar surface area (TPSA) is 86.2 Å². The summed E-state index contributed by atoms with van der Waals surface area (Å²) in [4.78, 5) is 4.12. The third kappa shape index (κ3) is 3.87. The molecule has 0 aliphatic heterocycles. The molecule has 3 N–H and O–H groups in total. The molecule has 0 spiro atoms. The first-order chi connectivity index (χ1) is 9.02. The zero-order chi connectivity index (χ0) is 13.8. The fraction of sp³-hybridized carbons (Fsp3) is 0.385. The lowest BCUT2D eigenvalue weighted by Crippen LogP contribution is -2.07. The number of nitrogens with one attached hydrogen (secondary N) is 1. The van der Waals surface area contributed by atoms with E-state index in [-0.39, 0.29) is 6.10 Å². The second-order valence-electron chi connectivity index (χ2n) is 4.54. The lowest BCUT2D eigenvalue weighted by Gasteiger charge is -2.12. The summed E-state index contributed by atoms with van der Waals surface area (Å²) in [6.45, 7) is 6.17. The van der Waals surface area contributed by atoms with Crippen molar-refractivity contribution in [2.24, 2.45) is 0 Å². The Hall–Kier alpha value is -2.24. The Kier molecular flexibility index (Phi) is 3.89. The van der Waals surface area contributed by atoms with Gasteiger partial charge in [-0.2, -0.15) is 4.98 Å². The maximum absolute atomic E-state index is 5.84. The van der Waals surface area contributed by atoms with Crippen molar-refractivity contribution in [3.05, 3.63) is 29.9 Å². The Morgan fingerprint density at radius 3 is 2.79 bits per heavy atom. The van der Waals surface area contributed by atoms with Gasteiger partial charge in [-0.25, -0.2) is 0 Å². The molecule has 0 amide bonds. The van der Waals surface area contributed by atoms with Crippen LogP contribution in [0.1, 0.15) is 25.6 Å². The van der Waals surface area contributed by atoms with Gasteiger partial charge in [0, 0.05) is 30.4 Å². The van der Waals surface area contributed by atoms with Gasteiger partial charge in [0.1, 0.15) is 5.75 Å². The predicted molar refractivity (Wildman–Crippen MR) is 73.0 cm³/mol. The van der Waals surface area contributed by atoms with E-state index in [9.17, 15) is 0 Å². The van der Waals surface area contributed by atoms with Gasteiger partial charge < -0.3 is 20.3 Å². The van der Waals surface area contributed by atoms with Gasteiger partial charge in [0.05, 0.1) is 12.6 Å². The van der Waals surface area contributed by atoms with Crippen molar-refractivity contribution in [1.82, 2.24) is 10.1 Å². The van der Waals surface area contributed by atoms with Crippen molar-refractivity contribution < 1.29 is 9.26 Å². The quantitative estimate of drug-likeness (QED) is 0.804. The Labute approximate surface area is 112 Å². The Bertz CT molecular complexity index is 551. The summed E-state index contributed by atoms with van der Waals surface area (Å²) in [7, 11) is 0. The molecule has 1 aromatic heterocycles. The second-order valence-corrected chi connectivity index (χ2v) is 4.54. The van der Waals surface area contributed by atoms with Crippen molar-refractivity contribution in [1.29, 1.82) is 0 Å². The van der Waals surface area contributed by atoms with Crippen LogP contribution in [0.4, 0.5) is 11.4 Å². The van der Waals surface area contributed by atoms with Gasteiger partial charge in [-0.15, -0.1) is 0 Å². The van der Waals surface area contributed by atoms with Gasteiger partial charge in [0.2, 0.25) is 5.89 Å². The summed E-state index contributed by atoms with van der Waals surface area (Å²) in [5, 5.41) is 7.00. The summed E-state index contributed by atoms with van der Waals surface area (Å²) >= 11 is 0. The number of aryl methyl sites for hydroxylation is 1. The van der Waals surface area contributed by atoms with Crippen LogP contribution in [0.5, 0.6) is 5.75 Å². The number of anilines is 2. The van der Waals surface area contributed by atoms with Crippen LogP contribution in [0.3, 0.4) is 0 Å². The molecule has 0 aliphatic carbocycles. The molecule has 2 aromatic rings. The zero-order valence-corrected chi connectivity index (χ0v) is 11.3. The largest absolute Gasteiger partial charge is 0.491 e. The lowest BCUT2D eigenvalue weighted by molar-refractivity contribution is 0.242. The van der Waals surface area contributed by atoms with Crippen LogP contribution >= 0.6 is 0 Å². The molecule has 6 heteroatoms. The molecule has 1 heterocycles. The molecule has 0 bridgehead atoms. The van der Waals surface area contributed by atoms with E-state index in [1.165, 1.54) is 0 Å². The zero-order valence-electron chi connectivity index (χ0n) is 11.3. The average Bonchev–Trinajstić information content (AvgIpc) is 2.71. The van der Waals surface area contributed by atoms with Crippen molar-refractivity contribution in [2.75, 3.05) is 11.1 Å². The van der Waals surface area contributed by atoms with E-state index < -0.39 is 0 Å². The molecule has 0 atom stereocenters. The highest BCUT2D eigenvalue weighted by molar-refractivity contribution is 5.59. The molecule has 0 saturated carbocycles. The number of nitrogens with zero attached hydrogens (tertiary/aromatic N) is 2. The van der Waals surface area contributed by atoms with E-state index in [2.05, 4.69) is 15.5 Å². The molecule has 102 valence electrons. The second kappa shape index (κ2) is 5.60. The normalized spacial score (nSPS) is 10.7. The van der Waals surface area contributed by atoms with E-state index in [0.717, 1.165) is 11.4 Å². The number of nitrogens with two attached hydrogens (primary N) is 1. The number of hydrogen-bond donors (Lipinski definition) is 2. The fourth-order valence-electron chi connectivity index (χ4n) is 1.66. The minimum atomic E-state index is 0.106. The average molecular weight is 262 g/mol. The van der Waals surface area contributed by atoms with E-state index in [1.807, 2.05) is 26.0 Å². The molecule has 0 aliphatic rings. The molecule has 2 rings (SSSR count). The van der Waals surface area contributed by atoms with Crippen molar-refractivity contribution in [2.45, 2.75) is 33.4 Å². The third-order valence-electron chi connectivity index (χ3n) is 2.32. The molecule has 0 fully saturated rings. The minimum absolute atomic E-state index is 0.106. The number of aromatic nitrogens is 2. The van der Waals surface area contributed by atoms with Crippen molar-refractivity contribution in [3.8, 4) is 5.75 Å². The van der Waals surface area contributed by atoms with Gasteiger partial charge in [0.15, 0.2) is 5.82 Å². The van der Waals surface area contributed by atoms with Crippen LogP contribution in [-0.4, -0.2) is 16.2 Å². The summed E-state index contributed by atoms with van der Waals surface area (Å²) in [6.07, 6.45) is 0.106. The minimum Gasteiger partial charge on any atom is -0.491 e. The van der Waals surface area contributed by atoms with Crippen molar-refractivity contribution >= 4 is 11.4 Å². The van der Waals surface area contributed by atoms with E-state index in [1.54, 1.807) is 13.0 Å². The molecule has 1 aromatic carbocycles. The molecule has 0 saturated heterocycles. The maximum atomic E-state index is 5.84. The van der Waals surface area contributed by atoms with Crippen molar-refractivity contribution in [3.63, 3.8) is 0 Å². The standard InChI is InChI=1S/C13H18N4O2/c1-8(2)18-12-5-10(14)4-11(6-12)15-7-13-16-9(3)19-17-13/h4-6,8,15H,7,14H2,1-3H3. The molecule has 19 heavy (non-hydrogen) atoms. The molecule has 0 radical (unpaired) electrons. The number of nitrogen functional groups attached to an aromatic ring is 1. The summed E-state index contributed by atoms with van der Waals surface area (Å²) in [5.74, 6) is 1.89. The maximum Gasteiger partial charge on any atom is 0.223 e. The Morgan fingerprint density at radius 2 is 2.16 bits per heavy atom. The first-order valence-corrected chi connectivity index (χ1v) is 6.13. The van der Waals surface area contributed by atoms with E-state index in [0.29, 0.717) is 23.9 Å². The molecule has 6 nitrogen and oxygen atoms in total. The van der Waals surface area contributed by atoms with Gasteiger partial charge in [-0.05, 0) is 19.9 Å². The van der Waals surface area contributed by atoms with Gasteiger partial charge >= 0.3 is 0 Å². The molecule has 0 unspecified atom stereocenters. The summed E-state index contributed by atoms with van der Waals surface area (Å²) in [5.41, 5.74) is 7.34. The highest BCUT2D eigenvalue weighted by Crippen LogP contribution is 2.23. The first kappa shape index (κ1) is 13.2. The molecular formula is C13H18N4O2. The number of benzene rings is 1. The van der Waals surface area contributed by atoms with Gasteiger partial charge in [-0.1, -0.05) is 5.16 Å². The van der Waals surface area contributed by atoms with Crippen LogP contribution in [0.15, 0.2) is 22.7 Å². The van der Waals surface area contributed by atoms with Crippen LogP contribution < -0.4 is 15.8 Å². The van der Waals surface area contributed by atoms with E-state index >= 15 is 0 Å². The SMILES string of the molecule is Cc1nc(CNc2cc(N)cc(OC(C)C)c2)no1. The smallest absolute Gasteiger partial charge is 0.223 e. The van der Waals surface area contributed by atoms with Crippen LogP contribution in [0.25, 0.3) is 0 Å². The number of hydrogen-bond acceptors (Lipinski definition) is 6. The summed E-state index contributed by atoms with van der Waals surface area (Å²) in [6, 6.07) is 5.52. The van der Waals surface area contributed by atoms with Crippen LogP contribution in [-0.2, 0) is 6.54 Å². The highest BCUT2D eigenvalue weighted by Gasteiger charge is 2.05. The third-order valence-corrected chi connectivity index (χ3v) is 2.32. The number of rotatable bonds is 5. The van der Waals surface area contributed by atoms with E-state index in [4.69, 9.17) is 15.0 Å². The summed E-state index contributed by atoms with van der Waals surface area (Å²) < 4.78 is 10.5. The molecular weight excluding hydrogens is 244 g/mol. The first-order valence-electron chi connectivity index (χ1n) is 6.13. The highest BCUT2D eigenvalue weighted by atomic mass is 16.5. The monoisotopic (exact) mass is 262 g/mol. The lowest BCUT2D eigenvalue weighted by atomic mass is 10.2. The Balaban J connectivity index is 2.05. The number of ether oxygens (including phenoxy) is 1. The van der Waals surface area contributed by atoms with Gasteiger partial charge in [-0.3, -0.25) is 0 Å². The van der Waals surface area contributed by atoms with Crippen LogP contribution in [0, 0.1) is 6.92 Å². The predicted octanol–water partition coefficient (Wildman–Crippen LogP) is 2.36. The Morgan fingerprint density at radius 1 is 1.37 bits per heavy atom. The fourth-order valence-corrected chi connectivity index (χ4v) is 1.66. The van der Waals surface area contributed by atoms with Gasteiger partial charge in [0.25, 0.3) is 0 Å². The van der Waals surface area contributed by atoms with Crippen LogP contribution in [0.2, 0.25) is 0 Å².